The molecule has 6 nitrogen and oxygen atoms in total. The molecule has 3 aromatic rings. The molecule has 3 rings (SSSR count). The molecule has 1 unspecified atom stereocenters. The van der Waals surface area contributed by atoms with Crippen LogP contribution in [0.3, 0.4) is 0 Å². The maximum Gasteiger partial charge on any atom is 0.269 e. The van der Waals surface area contributed by atoms with Crippen LogP contribution in [0.2, 0.25) is 0 Å². The van der Waals surface area contributed by atoms with E-state index in [4.69, 9.17) is 0 Å². The van der Waals surface area contributed by atoms with Crippen molar-refractivity contribution in [3.05, 3.63) is 76.8 Å². The summed E-state index contributed by atoms with van der Waals surface area (Å²) >= 11 is 0. The van der Waals surface area contributed by atoms with Crippen molar-refractivity contribution >= 4 is 34.8 Å². The number of nitrogens with one attached hydrogen (secondary N) is 1. The molecule has 0 heterocycles. The summed E-state index contributed by atoms with van der Waals surface area (Å²) in [5.41, 5.74) is 0.526. The first-order valence-electron chi connectivity index (χ1n) is 7.25. The smallest absolute Gasteiger partial charge is 0.269 e. The summed E-state index contributed by atoms with van der Waals surface area (Å²) in [6, 6.07) is 18.5. The molecule has 24 heavy (non-hydrogen) atoms. The van der Waals surface area contributed by atoms with E-state index in [2.05, 4.69) is 5.32 Å². The molecule has 0 fully saturated rings. The summed E-state index contributed by atoms with van der Waals surface area (Å²) in [5, 5.41) is 15.8. The lowest BCUT2D eigenvalue weighted by Gasteiger charge is -2.14. The van der Waals surface area contributed by atoms with E-state index in [1.165, 1.54) is 24.3 Å². The highest BCUT2D eigenvalue weighted by Crippen LogP contribution is 2.39. The zero-order valence-electron chi connectivity index (χ0n) is 12.6. The van der Waals surface area contributed by atoms with Crippen LogP contribution in [0.5, 0.6) is 0 Å². The number of nitro benzene ring substituents is 1. The molecule has 1 atom stereocenters. The highest BCUT2D eigenvalue weighted by Gasteiger charge is 2.21. The quantitative estimate of drug-likeness (QED) is 0.419. The van der Waals surface area contributed by atoms with Gasteiger partial charge in [-0.3, -0.25) is 14.7 Å². The van der Waals surface area contributed by atoms with E-state index >= 15 is 0 Å². The molecule has 7 heteroatoms. The molecule has 0 aliphatic heterocycles. The van der Waals surface area contributed by atoms with Crippen molar-refractivity contribution in [3.8, 4) is 0 Å². The number of fused-ring (bicyclic) bond motifs is 1. The second-order valence-electron chi connectivity index (χ2n) is 5.37. The molecule has 122 valence electrons. The number of rotatable bonds is 5. The summed E-state index contributed by atoms with van der Waals surface area (Å²) in [4.78, 5) is 20.5. The predicted octanol–water partition coefficient (Wildman–Crippen LogP) is 3.71. The van der Waals surface area contributed by atoms with Gasteiger partial charge in [0.1, 0.15) is 0 Å². The van der Waals surface area contributed by atoms with Crippen LogP contribution in [0.4, 0.5) is 11.4 Å². The molecule has 2 N–H and O–H groups in total. The van der Waals surface area contributed by atoms with Crippen molar-refractivity contribution in [1.82, 2.24) is 0 Å². The van der Waals surface area contributed by atoms with E-state index in [9.17, 15) is 19.6 Å². The topological polar surface area (TPSA) is 92.5 Å². The Morgan fingerprint density at radius 2 is 1.67 bits per heavy atom. The highest BCUT2D eigenvalue weighted by molar-refractivity contribution is 7.66. The lowest BCUT2D eigenvalue weighted by atomic mass is 10.1. The second kappa shape index (κ2) is 6.43. The summed E-state index contributed by atoms with van der Waals surface area (Å²) in [5.74, 6) is 0. The third-order valence-corrected chi connectivity index (χ3v) is 5.38. The standard InChI is InChI=1S/C17H15N2O4P/c20-19(21)16-8-6-15(7-9-16)18-12-24(22,23)17-10-5-13-3-1-2-4-14(13)11-17/h1-11,18H,12H2,(H,22,23). The Kier molecular flexibility index (Phi) is 4.34. The summed E-state index contributed by atoms with van der Waals surface area (Å²) in [6.45, 7) is 0. The number of nitrogens with zero attached hydrogens (tertiary/aromatic N) is 1. The minimum absolute atomic E-state index is 0.0257. The van der Waals surface area contributed by atoms with Crippen LogP contribution in [0.15, 0.2) is 66.7 Å². The third kappa shape index (κ3) is 3.45. The molecule has 0 amide bonds. The minimum atomic E-state index is -3.59. The SMILES string of the molecule is O=[N+]([O-])c1ccc(NCP(=O)(O)c2ccc3ccccc3c2)cc1. The van der Waals surface area contributed by atoms with E-state index in [-0.39, 0.29) is 12.0 Å². The Hall–Kier alpha value is -2.69. The Morgan fingerprint density at radius 3 is 2.33 bits per heavy atom. The molecular formula is C17H15N2O4P. The third-order valence-electron chi connectivity index (χ3n) is 3.71. The molecule has 0 spiro atoms. The molecule has 0 aliphatic carbocycles. The summed E-state index contributed by atoms with van der Waals surface area (Å²) in [7, 11) is -3.59. The predicted molar refractivity (Wildman–Crippen MR) is 95.0 cm³/mol. The van der Waals surface area contributed by atoms with Gasteiger partial charge in [0, 0.05) is 23.1 Å². The van der Waals surface area contributed by atoms with E-state index in [0.717, 1.165) is 10.8 Å². The Bertz CT molecular complexity index is 941. The Balaban J connectivity index is 1.77. The van der Waals surface area contributed by atoms with Crippen LogP contribution in [0.1, 0.15) is 0 Å². The van der Waals surface area contributed by atoms with Gasteiger partial charge in [-0.1, -0.05) is 30.3 Å². The van der Waals surface area contributed by atoms with E-state index in [1.54, 1.807) is 12.1 Å². The van der Waals surface area contributed by atoms with Crippen molar-refractivity contribution in [3.63, 3.8) is 0 Å². The van der Waals surface area contributed by atoms with Gasteiger partial charge in [0.05, 0.1) is 11.2 Å². The van der Waals surface area contributed by atoms with Crippen molar-refractivity contribution < 1.29 is 14.4 Å². The van der Waals surface area contributed by atoms with Gasteiger partial charge in [-0.25, -0.2) is 0 Å². The zero-order valence-corrected chi connectivity index (χ0v) is 13.5. The Morgan fingerprint density at radius 1 is 1.00 bits per heavy atom. The molecule has 0 bridgehead atoms. The van der Waals surface area contributed by atoms with Crippen LogP contribution in [0, 0.1) is 10.1 Å². The number of hydrogen-bond acceptors (Lipinski definition) is 4. The molecule has 0 aliphatic rings. The van der Waals surface area contributed by atoms with Gasteiger partial charge in [0.2, 0.25) is 7.37 Å². The van der Waals surface area contributed by atoms with Crippen molar-refractivity contribution in [2.75, 3.05) is 11.6 Å². The van der Waals surface area contributed by atoms with E-state index in [1.807, 2.05) is 30.3 Å². The normalized spacial score (nSPS) is 13.4. The molecule has 0 saturated carbocycles. The molecule has 0 aromatic heterocycles. The van der Waals surface area contributed by atoms with Gasteiger partial charge in [0.25, 0.3) is 5.69 Å². The zero-order chi connectivity index (χ0) is 17.2. The van der Waals surface area contributed by atoms with Crippen LogP contribution in [-0.4, -0.2) is 16.1 Å². The van der Waals surface area contributed by atoms with Crippen LogP contribution < -0.4 is 10.6 Å². The van der Waals surface area contributed by atoms with Crippen LogP contribution in [-0.2, 0) is 4.57 Å². The Labute approximate surface area is 138 Å². The van der Waals surface area contributed by atoms with Crippen LogP contribution >= 0.6 is 7.37 Å². The first kappa shape index (κ1) is 16.2. The first-order valence-corrected chi connectivity index (χ1v) is 9.10. The van der Waals surface area contributed by atoms with Gasteiger partial charge < -0.3 is 10.2 Å². The van der Waals surface area contributed by atoms with Gasteiger partial charge in [-0.2, -0.15) is 0 Å². The number of non-ortho nitro benzene ring substituents is 1. The molecular weight excluding hydrogens is 327 g/mol. The fourth-order valence-electron chi connectivity index (χ4n) is 2.38. The van der Waals surface area contributed by atoms with Crippen molar-refractivity contribution in [1.29, 1.82) is 0 Å². The lowest BCUT2D eigenvalue weighted by Crippen LogP contribution is -2.12. The summed E-state index contributed by atoms with van der Waals surface area (Å²) in [6.07, 6.45) is -0.150. The highest BCUT2D eigenvalue weighted by atomic mass is 31.2. The van der Waals surface area contributed by atoms with Gasteiger partial charge >= 0.3 is 0 Å². The average molecular weight is 342 g/mol. The summed E-state index contributed by atoms with van der Waals surface area (Å²) < 4.78 is 12.6. The minimum Gasteiger partial charge on any atom is -0.376 e. The second-order valence-corrected chi connectivity index (χ2v) is 7.61. The number of benzene rings is 3. The average Bonchev–Trinajstić information content (AvgIpc) is 2.60. The van der Waals surface area contributed by atoms with E-state index < -0.39 is 12.3 Å². The van der Waals surface area contributed by atoms with E-state index in [0.29, 0.717) is 11.0 Å². The lowest BCUT2D eigenvalue weighted by molar-refractivity contribution is -0.384. The monoisotopic (exact) mass is 342 g/mol. The first-order chi connectivity index (χ1) is 11.5. The largest absolute Gasteiger partial charge is 0.376 e. The molecule has 0 saturated heterocycles. The van der Waals surface area contributed by atoms with Gasteiger partial charge in [-0.05, 0) is 35.0 Å². The maximum absolute atomic E-state index is 12.6. The van der Waals surface area contributed by atoms with Gasteiger partial charge in [0.15, 0.2) is 0 Å². The molecule has 0 radical (unpaired) electrons. The van der Waals surface area contributed by atoms with Crippen molar-refractivity contribution in [2.45, 2.75) is 0 Å². The fourth-order valence-corrected chi connectivity index (χ4v) is 3.61. The number of hydrogen-bond donors (Lipinski definition) is 2. The number of anilines is 1. The fraction of sp³-hybridized carbons (Fsp3) is 0.0588. The molecule has 3 aromatic carbocycles. The number of nitro groups is 1. The van der Waals surface area contributed by atoms with Crippen molar-refractivity contribution in [2.24, 2.45) is 0 Å². The van der Waals surface area contributed by atoms with Crippen LogP contribution in [0.25, 0.3) is 10.8 Å². The maximum atomic E-state index is 12.6. The van der Waals surface area contributed by atoms with Gasteiger partial charge in [-0.15, -0.1) is 0 Å².